The molecule has 6 nitrogen and oxygen atoms in total. The molecule has 0 spiro atoms. The van der Waals surface area contributed by atoms with Gasteiger partial charge in [0.15, 0.2) is 5.92 Å². The Hall–Kier alpha value is -2.83. The van der Waals surface area contributed by atoms with Crippen LogP contribution in [-0.4, -0.2) is 47.1 Å². The van der Waals surface area contributed by atoms with Crippen LogP contribution in [0.1, 0.15) is 25.8 Å². The largest absolute Gasteiger partial charge is 0.496 e. The normalized spacial score (nSPS) is 20.0. The zero-order valence-corrected chi connectivity index (χ0v) is 15.0. The Labute approximate surface area is 151 Å². The van der Waals surface area contributed by atoms with Gasteiger partial charge in [-0.05, 0) is 31.0 Å². The molecule has 0 saturated carbocycles. The molecule has 0 N–H and O–H groups in total. The number of fused-ring (bicyclic) bond motifs is 1. The van der Waals surface area contributed by atoms with E-state index >= 15 is 0 Å². The number of amidine groups is 1. The van der Waals surface area contributed by atoms with E-state index in [-0.39, 0.29) is 6.54 Å². The molecule has 26 heavy (non-hydrogen) atoms. The number of ether oxygens (including phenoxy) is 1. The summed E-state index contributed by atoms with van der Waals surface area (Å²) in [6, 6.07) is 5.38. The summed E-state index contributed by atoms with van der Waals surface area (Å²) in [6.07, 6.45) is 2.31. The fourth-order valence-electron chi connectivity index (χ4n) is 3.18. The lowest BCUT2D eigenvalue weighted by Gasteiger charge is -2.29. The number of dihydropyridines is 1. The molecule has 1 unspecified atom stereocenters. The van der Waals surface area contributed by atoms with Crippen molar-refractivity contribution in [2.75, 3.05) is 13.7 Å². The van der Waals surface area contributed by atoms with Crippen LogP contribution in [0, 0.1) is 11.7 Å². The summed E-state index contributed by atoms with van der Waals surface area (Å²) in [4.78, 5) is 31.3. The maximum Gasteiger partial charge on any atom is 0.445 e. The van der Waals surface area contributed by atoms with Gasteiger partial charge in [0, 0.05) is 5.57 Å². The number of hydrogen-bond acceptors (Lipinski definition) is 4. The van der Waals surface area contributed by atoms with Gasteiger partial charge < -0.3 is 4.74 Å². The highest BCUT2D eigenvalue weighted by atomic mass is 19.1. The average Bonchev–Trinajstić information content (AvgIpc) is 2.63. The van der Waals surface area contributed by atoms with E-state index in [2.05, 4.69) is 4.99 Å². The van der Waals surface area contributed by atoms with Gasteiger partial charge in [-0.15, -0.1) is 4.99 Å². The first-order valence-electron chi connectivity index (χ1n) is 8.58. The van der Waals surface area contributed by atoms with E-state index in [1.165, 1.54) is 16.7 Å². The van der Waals surface area contributed by atoms with Crippen molar-refractivity contribution in [3.63, 3.8) is 0 Å². The van der Waals surface area contributed by atoms with E-state index in [0.29, 0.717) is 30.2 Å². The summed E-state index contributed by atoms with van der Waals surface area (Å²) in [7, 11) is 1.58. The van der Waals surface area contributed by atoms with Gasteiger partial charge in [0.25, 0.3) is 5.84 Å². The van der Waals surface area contributed by atoms with Crippen molar-refractivity contribution in [1.29, 1.82) is 0 Å². The van der Waals surface area contributed by atoms with Crippen LogP contribution in [0.15, 0.2) is 40.6 Å². The predicted octanol–water partition coefficient (Wildman–Crippen LogP) is 2.73. The Morgan fingerprint density at radius 3 is 2.73 bits per heavy atom. The molecule has 1 aromatic rings. The summed E-state index contributed by atoms with van der Waals surface area (Å²) in [5.74, 6) is -0.681. The molecule has 2 aliphatic heterocycles. The van der Waals surface area contributed by atoms with E-state index in [1.807, 2.05) is 13.8 Å². The number of hydrogen-bond donors (Lipinski definition) is 0. The molecule has 1 atom stereocenters. The molecular formula is C19H21FN3O3+. The number of carbonyl (C=O) groups excluding carboxylic acids is 2. The smallest absolute Gasteiger partial charge is 0.445 e. The highest BCUT2D eigenvalue weighted by molar-refractivity contribution is 6.16. The number of imide groups is 1. The Bertz CT molecular complexity index is 857. The van der Waals surface area contributed by atoms with Crippen LogP contribution >= 0.6 is 0 Å². The van der Waals surface area contributed by atoms with Gasteiger partial charge in [-0.1, -0.05) is 19.1 Å². The van der Waals surface area contributed by atoms with Crippen LogP contribution in [0.4, 0.5) is 9.18 Å². The molecule has 7 heteroatoms. The SMILES string of the molecule is CCOC1=C(CC)C=NC2=[N+](C)C(=O)N(Cc3cccc(F)c3)C(=O)C12. The minimum atomic E-state index is -0.758. The minimum absolute atomic E-state index is 0.00583. The quantitative estimate of drug-likeness (QED) is 0.761. The number of nitrogens with zero attached hydrogens (tertiary/aromatic N) is 3. The molecule has 2 heterocycles. The third-order valence-corrected chi connectivity index (χ3v) is 4.47. The lowest BCUT2D eigenvalue weighted by molar-refractivity contribution is -0.409. The number of carbonyl (C=O) groups is 2. The van der Waals surface area contributed by atoms with Crippen molar-refractivity contribution < 1.29 is 23.3 Å². The molecule has 3 rings (SSSR count). The molecule has 0 saturated heterocycles. The topological polar surface area (TPSA) is 62.0 Å². The van der Waals surface area contributed by atoms with E-state index in [1.54, 1.807) is 25.4 Å². The summed E-state index contributed by atoms with van der Waals surface area (Å²) < 4.78 is 20.6. The third-order valence-electron chi connectivity index (χ3n) is 4.47. The molecule has 0 bridgehead atoms. The Morgan fingerprint density at radius 1 is 1.31 bits per heavy atom. The van der Waals surface area contributed by atoms with Gasteiger partial charge in [0.2, 0.25) is 0 Å². The molecule has 1 aromatic carbocycles. The molecular weight excluding hydrogens is 337 g/mol. The molecule has 0 radical (unpaired) electrons. The van der Waals surface area contributed by atoms with Gasteiger partial charge in [-0.25, -0.2) is 9.18 Å². The summed E-state index contributed by atoms with van der Waals surface area (Å²) in [5, 5.41) is 0. The second-order valence-corrected chi connectivity index (χ2v) is 6.12. The van der Waals surface area contributed by atoms with Gasteiger partial charge in [0.1, 0.15) is 24.3 Å². The minimum Gasteiger partial charge on any atom is -0.496 e. The number of rotatable bonds is 5. The van der Waals surface area contributed by atoms with E-state index in [9.17, 15) is 14.0 Å². The van der Waals surface area contributed by atoms with Crippen LogP contribution in [0.3, 0.4) is 0 Å². The second-order valence-electron chi connectivity index (χ2n) is 6.12. The molecule has 0 aromatic heterocycles. The standard InChI is InChI=1S/C19H21FN3O3/c1-4-13-10-21-17-15(16(13)26-5-2)18(24)23(19(25)22(17)3)11-12-7-6-8-14(20)9-12/h6-10,15H,4-5,11H2,1-3H3/q+1. The average molecular weight is 358 g/mol. The highest BCUT2D eigenvalue weighted by Crippen LogP contribution is 2.30. The number of allylic oxidation sites excluding steroid dienone is 1. The first kappa shape index (κ1) is 18.0. The molecule has 0 aliphatic carbocycles. The van der Waals surface area contributed by atoms with Crippen LogP contribution < -0.4 is 0 Å². The fraction of sp³-hybridized carbons (Fsp3) is 0.368. The second kappa shape index (κ2) is 7.19. The van der Waals surface area contributed by atoms with Crippen LogP contribution in [0.5, 0.6) is 0 Å². The number of halogens is 1. The lowest BCUT2D eigenvalue weighted by Crippen LogP contribution is -2.54. The molecule has 2 aliphatic rings. The monoisotopic (exact) mass is 358 g/mol. The van der Waals surface area contributed by atoms with Crippen LogP contribution in [-0.2, 0) is 16.1 Å². The van der Waals surface area contributed by atoms with Crippen molar-refractivity contribution in [3.8, 4) is 0 Å². The Balaban J connectivity index is 2.03. The van der Waals surface area contributed by atoms with E-state index in [4.69, 9.17) is 4.74 Å². The van der Waals surface area contributed by atoms with Crippen molar-refractivity contribution in [2.45, 2.75) is 26.8 Å². The fourth-order valence-corrected chi connectivity index (χ4v) is 3.18. The highest BCUT2D eigenvalue weighted by Gasteiger charge is 2.50. The number of amides is 3. The van der Waals surface area contributed by atoms with Crippen molar-refractivity contribution in [1.82, 2.24) is 4.90 Å². The number of benzene rings is 1. The van der Waals surface area contributed by atoms with Crippen LogP contribution in [0.2, 0.25) is 0 Å². The summed E-state index contributed by atoms with van der Waals surface area (Å²) in [5.41, 5.74) is 1.38. The maximum atomic E-state index is 13.5. The Kier molecular flexibility index (Phi) is 4.97. The van der Waals surface area contributed by atoms with Gasteiger partial charge in [0.05, 0.1) is 13.7 Å². The van der Waals surface area contributed by atoms with Crippen LogP contribution in [0.25, 0.3) is 0 Å². The molecule has 136 valence electrons. The third kappa shape index (κ3) is 3.05. The Morgan fingerprint density at radius 2 is 2.08 bits per heavy atom. The van der Waals surface area contributed by atoms with Gasteiger partial charge in [-0.2, -0.15) is 9.48 Å². The lowest BCUT2D eigenvalue weighted by atomic mass is 9.94. The zero-order chi connectivity index (χ0) is 18.8. The van der Waals surface area contributed by atoms with Crippen molar-refractivity contribution in [3.05, 3.63) is 47.0 Å². The first-order valence-corrected chi connectivity index (χ1v) is 8.58. The first-order chi connectivity index (χ1) is 12.5. The van der Waals surface area contributed by atoms with Gasteiger partial charge in [-0.3, -0.25) is 4.79 Å². The summed E-state index contributed by atoms with van der Waals surface area (Å²) in [6.45, 7) is 4.20. The molecule has 3 amide bonds. The summed E-state index contributed by atoms with van der Waals surface area (Å²) >= 11 is 0. The zero-order valence-electron chi connectivity index (χ0n) is 15.0. The number of aliphatic imine (C=N–C) groups is 1. The maximum absolute atomic E-state index is 13.5. The predicted molar refractivity (Wildman–Crippen MR) is 94.5 cm³/mol. The molecule has 0 fully saturated rings. The van der Waals surface area contributed by atoms with Crippen molar-refractivity contribution >= 4 is 24.0 Å². The van der Waals surface area contributed by atoms with Gasteiger partial charge >= 0.3 is 11.9 Å². The van der Waals surface area contributed by atoms with E-state index in [0.717, 1.165) is 10.5 Å². The van der Waals surface area contributed by atoms with Crippen molar-refractivity contribution in [2.24, 2.45) is 10.9 Å². The van der Waals surface area contributed by atoms with E-state index < -0.39 is 23.7 Å². The number of urea groups is 1.